The summed E-state index contributed by atoms with van der Waals surface area (Å²) < 4.78 is 0. The lowest BCUT2D eigenvalue weighted by Crippen LogP contribution is -2.23. The monoisotopic (exact) mass is 283 g/mol. The third-order valence-electron chi connectivity index (χ3n) is 3.61. The van der Waals surface area contributed by atoms with Gasteiger partial charge in [-0.2, -0.15) is 0 Å². The van der Waals surface area contributed by atoms with Crippen LogP contribution in [0.5, 0.6) is 0 Å². The molecule has 0 saturated carbocycles. The molecule has 0 heterocycles. The zero-order chi connectivity index (χ0) is 15.1. The summed E-state index contributed by atoms with van der Waals surface area (Å²) in [6.07, 6.45) is 12.2. The maximum Gasteiger partial charge on any atom is 0.219 e. The van der Waals surface area contributed by atoms with Crippen molar-refractivity contribution >= 4 is 11.7 Å². The second-order valence-corrected chi connectivity index (χ2v) is 5.57. The summed E-state index contributed by atoms with van der Waals surface area (Å²) in [7, 11) is 0. The van der Waals surface area contributed by atoms with Crippen molar-refractivity contribution in [3.05, 3.63) is 0 Å². The Balaban J connectivity index is 3.19. The third kappa shape index (κ3) is 13.6. The summed E-state index contributed by atoms with van der Waals surface area (Å²) in [6.45, 7) is 4.92. The van der Waals surface area contributed by atoms with E-state index in [0.29, 0.717) is 18.6 Å². The number of amides is 1. The van der Waals surface area contributed by atoms with E-state index in [1.54, 1.807) is 0 Å². The van der Waals surface area contributed by atoms with Crippen molar-refractivity contribution in [3.63, 3.8) is 0 Å². The van der Waals surface area contributed by atoms with Crippen molar-refractivity contribution in [2.24, 2.45) is 0 Å². The second kappa shape index (κ2) is 14.5. The molecule has 0 aromatic rings. The van der Waals surface area contributed by atoms with E-state index in [4.69, 9.17) is 0 Å². The molecule has 0 aliphatic rings. The third-order valence-corrected chi connectivity index (χ3v) is 3.61. The molecule has 0 aromatic carbocycles. The van der Waals surface area contributed by atoms with Gasteiger partial charge >= 0.3 is 0 Å². The van der Waals surface area contributed by atoms with Crippen molar-refractivity contribution < 1.29 is 9.59 Å². The Hall–Kier alpha value is -0.860. The number of unbranched alkanes of at least 4 members (excludes halogenated alkanes) is 7. The first-order valence-corrected chi connectivity index (χ1v) is 8.49. The van der Waals surface area contributed by atoms with Gasteiger partial charge in [0.2, 0.25) is 5.91 Å². The summed E-state index contributed by atoms with van der Waals surface area (Å²) in [5.74, 6) is 0.583. The van der Waals surface area contributed by atoms with Gasteiger partial charge in [-0.3, -0.25) is 9.59 Å². The first-order chi connectivity index (χ1) is 9.70. The van der Waals surface area contributed by atoms with Gasteiger partial charge in [-0.05, 0) is 19.3 Å². The zero-order valence-corrected chi connectivity index (χ0v) is 13.5. The topological polar surface area (TPSA) is 46.2 Å². The minimum Gasteiger partial charge on any atom is -0.356 e. The van der Waals surface area contributed by atoms with Crippen molar-refractivity contribution in [3.8, 4) is 0 Å². The van der Waals surface area contributed by atoms with E-state index in [2.05, 4.69) is 12.2 Å². The van der Waals surface area contributed by atoms with E-state index in [-0.39, 0.29) is 5.91 Å². The number of Topliss-reactive ketones (excluding diaryl/α,β-unsaturated/α-hetero) is 1. The van der Waals surface area contributed by atoms with Gasteiger partial charge in [-0.1, -0.05) is 52.4 Å². The number of hydrogen-bond acceptors (Lipinski definition) is 2. The molecule has 3 nitrogen and oxygen atoms in total. The number of carbonyl (C=O) groups is 2. The Kier molecular flexibility index (Phi) is 13.9. The van der Waals surface area contributed by atoms with E-state index >= 15 is 0 Å². The van der Waals surface area contributed by atoms with E-state index in [9.17, 15) is 9.59 Å². The Morgan fingerprint density at radius 3 is 1.95 bits per heavy atom. The van der Waals surface area contributed by atoms with E-state index < -0.39 is 0 Å². The van der Waals surface area contributed by atoms with Gasteiger partial charge in [0.15, 0.2) is 0 Å². The minimum absolute atomic E-state index is 0.203. The number of ketones is 1. The Morgan fingerprint density at radius 1 is 0.750 bits per heavy atom. The molecule has 0 saturated heterocycles. The molecule has 20 heavy (non-hydrogen) atoms. The number of carbonyl (C=O) groups excluding carboxylic acids is 2. The lowest BCUT2D eigenvalue weighted by atomic mass is 10.1. The van der Waals surface area contributed by atoms with Crippen LogP contribution in [0.3, 0.4) is 0 Å². The second-order valence-electron chi connectivity index (χ2n) is 5.57. The summed E-state index contributed by atoms with van der Waals surface area (Å²) in [5, 5.41) is 2.97. The molecule has 0 spiro atoms. The normalized spacial score (nSPS) is 10.5. The highest BCUT2D eigenvalue weighted by molar-refractivity contribution is 5.77. The molecular formula is C17H33NO2. The standard InChI is InChI=1S/C17H33NO2/c1-3-5-12-15-18-17(20)14-11-9-7-6-8-10-13-16(19)4-2/h3-15H2,1-2H3,(H,18,20). The molecule has 0 aliphatic heterocycles. The molecule has 0 aliphatic carbocycles. The van der Waals surface area contributed by atoms with Gasteiger partial charge < -0.3 is 5.32 Å². The number of rotatable bonds is 14. The van der Waals surface area contributed by atoms with Crippen molar-refractivity contribution in [1.29, 1.82) is 0 Å². The highest BCUT2D eigenvalue weighted by Crippen LogP contribution is 2.09. The van der Waals surface area contributed by atoms with Crippen molar-refractivity contribution in [2.45, 2.75) is 90.9 Å². The van der Waals surface area contributed by atoms with Crippen LogP contribution in [0.2, 0.25) is 0 Å². The van der Waals surface area contributed by atoms with E-state index in [1.165, 1.54) is 25.7 Å². The first-order valence-electron chi connectivity index (χ1n) is 8.49. The first kappa shape index (κ1) is 19.1. The summed E-state index contributed by atoms with van der Waals surface area (Å²) >= 11 is 0. The largest absolute Gasteiger partial charge is 0.356 e. The fraction of sp³-hybridized carbons (Fsp3) is 0.882. The predicted octanol–water partition coefficient (Wildman–Crippen LogP) is 4.39. The minimum atomic E-state index is 0.203. The Labute approximate surface area is 124 Å². The average molecular weight is 283 g/mol. The van der Waals surface area contributed by atoms with Crippen LogP contribution >= 0.6 is 0 Å². The van der Waals surface area contributed by atoms with Crippen molar-refractivity contribution in [2.75, 3.05) is 6.54 Å². The smallest absolute Gasteiger partial charge is 0.219 e. The van der Waals surface area contributed by atoms with Crippen LogP contribution in [0.1, 0.15) is 90.9 Å². The Morgan fingerprint density at radius 2 is 1.35 bits per heavy atom. The van der Waals surface area contributed by atoms with Crippen LogP contribution in [0.4, 0.5) is 0 Å². The molecule has 0 atom stereocenters. The molecule has 1 N–H and O–H groups in total. The van der Waals surface area contributed by atoms with Gasteiger partial charge in [-0.15, -0.1) is 0 Å². The van der Waals surface area contributed by atoms with Gasteiger partial charge in [0.25, 0.3) is 0 Å². The highest BCUT2D eigenvalue weighted by atomic mass is 16.1. The van der Waals surface area contributed by atoms with Gasteiger partial charge in [0.05, 0.1) is 0 Å². The molecule has 0 aromatic heterocycles. The van der Waals surface area contributed by atoms with E-state index in [1.807, 2.05) is 6.92 Å². The van der Waals surface area contributed by atoms with E-state index in [0.717, 1.165) is 45.1 Å². The fourth-order valence-electron chi connectivity index (χ4n) is 2.18. The lowest BCUT2D eigenvalue weighted by Gasteiger charge is -2.04. The summed E-state index contributed by atoms with van der Waals surface area (Å²) in [4.78, 5) is 22.6. The molecule has 0 fully saturated rings. The van der Waals surface area contributed by atoms with Crippen LogP contribution in [-0.2, 0) is 9.59 Å². The molecule has 118 valence electrons. The van der Waals surface area contributed by atoms with Crippen LogP contribution in [0.25, 0.3) is 0 Å². The van der Waals surface area contributed by atoms with Gasteiger partial charge in [0, 0.05) is 25.8 Å². The van der Waals surface area contributed by atoms with Crippen LogP contribution < -0.4 is 5.32 Å². The summed E-state index contributed by atoms with van der Waals surface area (Å²) in [6, 6.07) is 0. The predicted molar refractivity (Wildman–Crippen MR) is 84.8 cm³/mol. The highest BCUT2D eigenvalue weighted by Gasteiger charge is 2.01. The molecule has 0 unspecified atom stereocenters. The molecular weight excluding hydrogens is 250 g/mol. The maximum atomic E-state index is 11.5. The molecule has 0 bridgehead atoms. The van der Waals surface area contributed by atoms with Gasteiger partial charge in [-0.25, -0.2) is 0 Å². The van der Waals surface area contributed by atoms with Crippen LogP contribution in [0.15, 0.2) is 0 Å². The van der Waals surface area contributed by atoms with Crippen molar-refractivity contribution in [1.82, 2.24) is 5.32 Å². The maximum absolute atomic E-state index is 11.5. The molecule has 0 radical (unpaired) electrons. The molecule has 0 rings (SSSR count). The Bertz CT molecular complexity index is 251. The fourth-order valence-corrected chi connectivity index (χ4v) is 2.18. The number of nitrogens with one attached hydrogen (secondary N) is 1. The quantitative estimate of drug-likeness (QED) is 0.480. The molecule has 1 amide bonds. The van der Waals surface area contributed by atoms with Crippen LogP contribution in [0, 0.1) is 0 Å². The lowest BCUT2D eigenvalue weighted by molar-refractivity contribution is -0.121. The van der Waals surface area contributed by atoms with Crippen LogP contribution in [-0.4, -0.2) is 18.2 Å². The molecule has 3 heteroatoms. The summed E-state index contributed by atoms with van der Waals surface area (Å²) in [5.41, 5.74) is 0. The van der Waals surface area contributed by atoms with Gasteiger partial charge in [0.1, 0.15) is 5.78 Å². The number of hydrogen-bond donors (Lipinski definition) is 1. The zero-order valence-electron chi connectivity index (χ0n) is 13.5. The average Bonchev–Trinajstić information content (AvgIpc) is 2.46. The SMILES string of the molecule is CCCCCNC(=O)CCCCCCCCC(=O)CC.